The molecule has 2 rings (SSSR count). The van der Waals surface area contributed by atoms with Gasteiger partial charge in [-0.3, -0.25) is 9.59 Å². The second-order valence-electron chi connectivity index (χ2n) is 4.45. The molecule has 5 heteroatoms. The molecule has 0 heterocycles. The molecule has 0 spiro atoms. The van der Waals surface area contributed by atoms with Crippen LogP contribution >= 0.6 is 9.24 Å². The zero-order chi connectivity index (χ0) is 14.4. The van der Waals surface area contributed by atoms with Crippen molar-refractivity contribution in [3.8, 4) is 11.5 Å². The molecular weight excluding hydrogens is 263 g/mol. The van der Waals surface area contributed by atoms with Gasteiger partial charge in [0.25, 0.3) is 0 Å². The van der Waals surface area contributed by atoms with Crippen LogP contribution < -0.4 is 9.47 Å². The standard InChI is InChI=1S/C9H11O3P.C5H8O/c1-11-6-4-3-5-7(12-2)8(6)9(10)13;1-4-2-5(6)3-4/h3-5H,13H2,1-2H3;4H,2-3H2,1H3. The molecule has 0 N–H and O–H groups in total. The van der Waals surface area contributed by atoms with Crippen LogP contribution in [-0.2, 0) is 4.79 Å². The first-order valence-corrected chi connectivity index (χ1v) is 6.59. The summed E-state index contributed by atoms with van der Waals surface area (Å²) in [6, 6.07) is 5.22. The molecule has 0 aromatic heterocycles. The third-order valence-corrected chi connectivity index (χ3v) is 3.12. The number of benzene rings is 1. The third-order valence-electron chi connectivity index (χ3n) is 2.83. The Morgan fingerprint density at radius 1 is 1.21 bits per heavy atom. The van der Waals surface area contributed by atoms with Crippen LogP contribution in [0, 0.1) is 5.92 Å². The van der Waals surface area contributed by atoms with E-state index >= 15 is 0 Å². The van der Waals surface area contributed by atoms with E-state index in [9.17, 15) is 9.59 Å². The van der Waals surface area contributed by atoms with E-state index in [1.807, 2.05) is 0 Å². The predicted octanol–water partition coefficient (Wildman–Crippen LogP) is 2.70. The summed E-state index contributed by atoms with van der Waals surface area (Å²) in [6.07, 6.45) is 1.67. The first kappa shape index (κ1) is 15.6. The molecule has 4 nitrogen and oxygen atoms in total. The number of methoxy groups -OCH3 is 2. The minimum Gasteiger partial charge on any atom is -0.496 e. The molecule has 0 aliphatic heterocycles. The van der Waals surface area contributed by atoms with Gasteiger partial charge in [-0.05, 0) is 18.1 Å². The third kappa shape index (κ3) is 4.32. The Balaban J connectivity index is 0.000000250. The topological polar surface area (TPSA) is 52.6 Å². The van der Waals surface area contributed by atoms with Gasteiger partial charge in [0.05, 0.1) is 14.2 Å². The summed E-state index contributed by atoms with van der Waals surface area (Å²) < 4.78 is 10.1. The fourth-order valence-electron chi connectivity index (χ4n) is 1.81. The molecule has 1 atom stereocenters. The molecule has 19 heavy (non-hydrogen) atoms. The van der Waals surface area contributed by atoms with Crippen LogP contribution in [-0.4, -0.2) is 25.5 Å². The number of Topliss-reactive ketones (excluding diaryl/α,β-unsaturated/α-hetero) is 1. The highest BCUT2D eigenvalue weighted by atomic mass is 31.0. The van der Waals surface area contributed by atoms with E-state index in [1.165, 1.54) is 14.2 Å². The smallest absolute Gasteiger partial charge is 0.185 e. The number of hydrogen-bond donors (Lipinski definition) is 0. The van der Waals surface area contributed by atoms with Gasteiger partial charge in [0.15, 0.2) is 5.52 Å². The fourth-order valence-corrected chi connectivity index (χ4v) is 2.10. The molecule has 1 aromatic carbocycles. The summed E-state index contributed by atoms with van der Waals surface area (Å²) in [7, 11) is 5.14. The van der Waals surface area contributed by atoms with Gasteiger partial charge in [-0.15, -0.1) is 0 Å². The van der Waals surface area contributed by atoms with Crippen LogP contribution in [0.4, 0.5) is 0 Å². The molecule has 104 valence electrons. The Morgan fingerprint density at radius 2 is 1.68 bits per heavy atom. The highest BCUT2D eigenvalue weighted by molar-refractivity contribution is 7.41. The summed E-state index contributed by atoms with van der Waals surface area (Å²) in [6.45, 7) is 2.10. The zero-order valence-corrected chi connectivity index (χ0v) is 12.6. The highest BCUT2D eigenvalue weighted by Gasteiger charge is 2.20. The van der Waals surface area contributed by atoms with Crippen LogP contribution in [0.1, 0.15) is 30.1 Å². The first-order valence-electron chi connectivity index (χ1n) is 6.02. The molecule has 0 saturated heterocycles. The quantitative estimate of drug-likeness (QED) is 0.800. The van der Waals surface area contributed by atoms with Crippen molar-refractivity contribution in [2.45, 2.75) is 19.8 Å². The molecule has 1 saturated carbocycles. The van der Waals surface area contributed by atoms with E-state index in [1.54, 1.807) is 18.2 Å². The normalized spacial score (nSPS) is 14.0. The van der Waals surface area contributed by atoms with Gasteiger partial charge in [0.2, 0.25) is 0 Å². The molecule has 1 aliphatic carbocycles. The van der Waals surface area contributed by atoms with Crippen molar-refractivity contribution < 1.29 is 19.1 Å². The average molecular weight is 282 g/mol. The lowest BCUT2D eigenvalue weighted by molar-refractivity contribution is -0.126. The van der Waals surface area contributed by atoms with Crippen molar-refractivity contribution in [1.82, 2.24) is 0 Å². The minimum absolute atomic E-state index is 0.144. The van der Waals surface area contributed by atoms with Crippen LogP contribution in [0.3, 0.4) is 0 Å². The second kappa shape index (κ2) is 7.25. The predicted molar refractivity (Wildman–Crippen MR) is 77.0 cm³/mol. The summed E-state index contributed by atoms with van der Waals surface area (Å²) in [5, 5.41) is 0. The molecule has 1 aromatic rings. The molecule has 1 fully saturated rings. The number of rotatable bonds is 3. The van der Waals surface area contributed by atoms with Gasteiger partial charge < -0.3 is 9.47 Å². The Bertz CT molecular complexity index is 440. The molecule has 0 amide bonds. The second-order valence-corrected chi connectivity index (χ2v) is 4.98. The lowest BCUT2D eigenvalue weighted by atomic mass is 9.86. The van der Waals surface area contributed by atoms with E-state index in [0.717, 1.165) is 12.8 Å². The van der Waals surface area contributed by atoms with Gasteiger partial charge in [-0.25, -0.2) is 0 Å². The van der Waals surface area contributed by atoms with Crippen molar-refractivity contribution in [1.29, 1.82) is 0 Å². The Kier molecular flexibility index (Phi) is 5.97. The van der Waals surface area contributed by atoms with Crippen LogP contribution in [0.15, 0.2) is 18.2 Å². The maximum Gasteiger partial charge on any atom is 0.185 e. The highest BCUT2D eigenvalue weighted by Crippen LogP contribution is 2.29. The molecule has 0 bridgehead atoms. The van der Waals surface area contributed by atoms with E-state index < -0.39 is 0 Å². The maximum atomic E-state index is 11.2. The zero-order valence-electron chi connectivity index (χ0n) is 11.4. The Labute approximate surface area is 115 Å². The van der Waals surface area contributed by atoms with E-state index in [2.05, 4.69) is 16.2 Å². The summed E-state index contributed by atoms with van der Waals surface area (Å²) in [5.41, 5.74) is 0.312. The molecular formula is C14H19O4P. The monoisotopic (exact) mass is 282 g/mol. The lowest BCUT2D eigenvalue weighted by Crippen LogP contribution is -2.19. The Morgan fingerprint density at radius 3 is 1.89 bits per heavy atom. The minimum atomic E-state index is -0.144. The van der Waals surface area contributed by atoms with Gasteiger partial charge in [-0.1, -0.05) is 22.2 Å². The van der Waals surface area contributed by atoms with Gasteiger partial charge in [-0.2, -0.15) is 0 Å². The van der Waals surface area contributed by atoms with E-state index in [4.69, 9.17) is 9.47 Å². The lowest BCUT2D eigenvalue weighted by Gasteiger charge is -2.17. The largest absolute Gasteiger partial charge is 0.496 e. The summed E-state index contributed by atoms with van der Waals surface area (Å²) in [5.74, 6) is 2.18. The van der Waals surface area contributed by atoms with Gasteiger partial charge in [0, 0.05) is 12.8 Å². The van der Waals surface area contributed by atoms with Gasteiger partial charge >= 0.3 is 0 Å². The maximum absolute atomic E-state index is 11.2. The molecule has 1 aliphatic rings. The van der Waals surface area contributed by atoms with E-state index in [-0.39, 0.29) is 5.52 Å². The molecule has 0 radical (unpaired) electrons. The van der Waals surface area contributed by atoms with Crippen molar-refractivity contribution in [3.05, 3.63) is 23.8 Å². The number of ether oxygens (including phenoxy) is 2. The SMILES string of the molecule is CC1CC(=O)C1.COc1cccc(OC)c1C(=O)P. The van der Waals surface area contributed by atoms with Crippen molar-refractivity contribution in [3.63, 3.8) is 0 Å². The van der Waals surface area contributed by atoms with Crippen molar-refractivity contribution in [2.24, 2.45) is 5.92 Å². The first-order chi connectivity index (χ1) is 8.99. The van der Waals surface area contributed by atoms with Crippen molar-refractivity contribution in [2.75, 3.05) is 14.2 Å². The summed E-state index contributed by atoms with van der Waals surface area (Å²) in [4.78, 5) is 21.3. The number of carbonyl (C=O) groups excluding carboxylic acids is 2. The summed E-state index contributed by atoms with van der Waals surface area (Å²) >= 11 is 0. The number of hydrogen-bond acceptors (Lipinski definition) is 4. The molecule has 1 unspecified atom stereocenters. The van der Waals surface area contributed by atoms with E-state index in [0.29, 0.717) is 28.8 Å². The van der Waals surface area contributed by atoms with Crippen LogP contribution in [0.5, 0.6) is 11.5 Å². The van der Waals surface area contributed by atoms with Gasteiger partial charge in [0.1, 0.15) is 22.8 Å². The average Bonchev–Trinajstić information content (AvgIpc) is 2.36. The number of carbonyl (C=O) groups is 2. The van der Waals surface area contributed by atoms with Crippen LogP contribution in [0.2, 0.25) is 0 Å². The Hall–Kier alpha value is -1.41. The van der Waals surface area contributed by atoms with Crippen molar-refractivity contribution >= 4 is 20.5 Å². The van der Waals surface area contributed by atoms with Crippen LogP contribution in [0.25, 0.3) is 0 Å². The fraction of sp³-hybridized carbons (Fsp3) is 0.429. The number of ketones is 1.